The highest BCUT2D eigenvalue weighted by Gasteiger charge is 2.06. The highest BCUT2D eigenvalue weighted by molar-refractivity contribution is 6.32. The monoisotopic (exact) mass is 288 g/mol. The molecule has 0 aliphatic rings. The van der Waals surface area contributed by atoms with Gasteiger partial charge in [-0.25, -0.2) is 4.39 Å². The van der Waals surface area contributed by atoms with Gasteiger partial charge in [0.2, 0.25) is 0 Å². The molecule has 0 aromatic heterocycles. The molecular formula is C13H18ClFN2O2. The zero-order valence-electron chi connectivity index (χ0n) is 11.1. The van der Waals surface area contributed by atoms with Crippen LogP contribution in [-0.2, 0) is 4.79 Å². The molecule has 0 heterocycles. The Kier molecular flexibility index (Phi) is 6.59. The molecule has 0 saturated heterocycles. The molecule has 0 spiro atoms. The molecule has 0 radical (unpaired) electrons. The second-order valence-electron chi connectivity index (χ2n) is 4.37. The first-order chi connectivity index (χ1) is 8.99. The molecule has 1 aromatic carbocycles. The van der Waals surface area contributed by atoms with Crippen molar-refractivity contribution in [1.82, 2.24) is 10.2 Å². The third-order valence-corrected chi connectivity index (χ3v) is 2.65. The van der Waals surface area contributed by atoms with Crippen LogP contribution in [0.15, 0.2) is 18.2 Å². The zero-order chi connectivity index (χ0) is 14.3. The van der Waals surface area contributed by atoms with Gasteiger partial charge >= 0.3 is 0 Å². The average molecular weight is 289 g/mol. The summed E-state index contributed by atoms with van der Waals surface area (Å²) in [6.45, 7) is 1.37. The Morgan fingerprint density at radius 1 is 1.47 bits per heavy atom. The molecule has 19 heavy (non-hydrogen) atoms. The van der Waals surface area contributed by atoms with Crippen LogP contribution in [0.1, 0.15) is 6.42 Å². The van der Waals surface area contributed by atoms with E-state index in [1.807, 2.05) is 19.0 Å². The molecule has 0 unspecified atom stereocenters. The number of carbonyl (C=O) groups excluding carboxylic acids is 1. The summed E-state index contributed by atoms with van der Waals surface area (Å²) < 4.78 is 18.0. The zero-order valence-corrected chi connectivity index (χ0v) is 11.8. The van der Waals surface area contributed by atoms with Crippen molar-refractivity contribution in [2.45, 2.75) is 6.42 Å². The fraction of sp³-hybridized carbons (Fsp3) is 0.462. The molecule has 106 valence electrons. The lowest BCUT2D eigenvalue weighted by Gasteiger charge is -2.11. The van der Waals surface area contributed by atoms with Crippen molar-refractivity contribution in [3.05, 3.63) is 29.0 Å². The van der Waals surface area contributed by atoms with E-state index >= 15 is 0 Å². The predicted molar refractivity (Wildman–Crippen MR) is 73.1 cm³/mol. The predicted octanol–water partition coefficient (Wildman–Crippen LogP) is 1.93. The van der Waals surface area contributed by atoms with Gasteiger partial charge < -0.3 is 15.0 Å². The first-order valence-corrected chi connectivity index (χ1v) is 6.36. The average Bonchev–Trinajstić information content (AvgIpc) is 2.33. The smallest absolute Gasteiger partial charge is 0.257 e. The van der Waals surface area contributed by atoms with Crippen LogP contribution in [0.5, 0.6) is 5.75 Å². The minimum atomic E-state index is -0.439. The molecule has 4 nitrogen and oxygen atoms in total. The van der Waals surface area contributed by atoms with E-state index in [1.54, 1.807) is 0 Å². The van der Waals surface area contributed by atoms with Crippen molar-refractivity contribution < 1.29 is 13.9 Å². The van der Waals surface area contributed by atoms with Crippen LogP contribution in [0.3, 0.4) is 0 Å². The van der Waals surface area contributed by atoms with Crippen LogP contribution in [0.25, 0.3) is 0 Å². The Morgan fingerprint density at radius 3 is 2.84 bits per heavy atom. The molecule has 0 aliphatic heterocycles. The number of benzene rings is 1. The Hall–Kier alpha value is -1.33. The van der Waals surface area contributed by atoms with Crippen molar-refractivity contribution in [3.63, 3.8) is 0 Å². The van der Waals surface area contributed by atoms with Gasteiger partial charge in [0.05, 0.1) is 5.02 Å². The van der Waals surface area contributed by atoms with Gasteiger partial charge in [0, 0.05) is 6.54 Å². The van der Waals surface area contributed by atoms with E-state index in [4.69, 9.17) is 16.3 Å². The Morgan fingerprint density at radius 2 is 2.21 bits per heavy atom. The number of carbonyl (C=O) groups is 1. The molecule has 6 heteroatoms. The van der Waals surface area contributed by atoms with Gasteiger partial charge in [-0.15, -0.1) is 0 Å². The van der Waals surface area contributed by atoms with E-state index in [0.29, 0.717) is 12.3 Å². The van der Waals surface area contributed by atoms with Gasteiger partial charge in [0.15, 0.2) is 6.61 Å². The van der Waals surface area contributed by atoms with E-state index in [-0.39, 0.29) is 17.5 Å². The molecule has 0 atom stereocenters. The molecule has 0 fully saturated rings. The first-order valence-electron chi connectivity index (χ1n) is 5.98. The maximum atomic E-state index is 12.8. The number of rotatable bonds is 7. The Bertz CT molecular complexity index is 427. The third kappa shape index (κ3) is 6.40. The van der Waals surface area contributed by atoms with Crippen molar-refractivity contribution in [1.29, 1.82) is 0 Å². The Labute approximate surface area is 117 Å². The lowest BCUT2D eigenvalue weighted by atomic mass is 10.3. The number of hydrogen-bond acceptors (Lipinski definition) is 3. The molecule has 0 aliphatic carbocycles. The third-order valence-electron chi connectivity index (χ3n) is 2.36. The topological polar surface area (TPSA) is 41.6 Å². The maximum Gasteiger partial charge on any atom is 0.257 e. The fourth-order valence-corrected chi connectivity index (χ4v) is 1.63. The highest BCUT2D eigenvalue weighted by atomic mass is 35.5. The van der Waals surface area contributed by atoms with Crippen LogP contribution in [0, 0.1) is 5.82 Å². The van der Waals surface area contributed by atoms with Crippen LogP contribution in [0.2, 0.25) is 5.02 Å². The summed E-state index contributed by atoms with van der Waals surface area (Å²) in [6.07, 6.45) is 0.871. The van der Waals surface area contributed by atoms with Crippen molar-refractivity contribution in [3.8, 4) is 5.75 Å². The van der Waals surface area contributed by atoms with E-state index in [2.05, 4.69) is 5.32 Å². The standard InChI is InChI=1S/C13H18ClFN2O2/c1-17(2)7-3-6-16-13(18)9-19-12-5-4-10(15)8-11(12)14/h4-5,8H,3,6-7,9H2,1-2H3,(H,16,18). The second kappa shape index (κ2) is 7.96. The lowest BCUT2D eigenvalue weighted by Crippen LogP contribution is -2.31. The van der Waals surface area contributed by atoms with Crippen molar-refractivity contribution in [2.75, 3.05) is 33.8 Å². The summed E-state index contributed by atoms with van der Waals surface area (Å²) in [4.78, 5) is 13.5. The molecule has 1 amide bonds. The summed E-state index contributed by atoms with van der Waals surface area (Å²) in [5.74, 6) is -0.365. The van der Waals surface area contributed by atoms with E-state index in [0.717, 1.165) is 19.0 Å². The van der Waals surface area contributed by atoms with E-state index in [1.165, 1.54) is 12.1 Å². The minimum Gasteiger partial charge on any atom is -0.482 e. The van der Waals surface area contributed by atoms with Crippen molar-refractivity contribution in [2.24, 2.45) is 0 Å². The van der Waals surface area contributed by atoms with Gasteiger partial charge in [0.25, 0.3) is 5.91 Å². The number of nitrogens with one attached hydrogen (secondary N) is 1. The molecule has 1 aromatic rings. The van der Waals surface area contributed by atoms with E-state index in [9.17, 15) is 9.18 Å². The second-order valence-corrected chi connectivity index (χ2v) is 4.78. The number of hydrogen-bond donors (Lipinski definition) is 1. The quantitative estimate of drug-likeness (QED) is 0.780. The number of amides is 1. The summed E-state index contributed by atoms with van der Waals surface area (Å²) in [7, 11) is 3.95. The van der Waals surface area contributed by atoms with Gasteiger partial charge in [-0.2, -0.15) is 0 Å². The van der Waals surface area contributed by atoms with Crippen LogP contribution < -0.4 is 10.1 Å². The van der Waals surface area contributed by atoms with Crippen LogP contribution >= 0.6 is 11.6 Å². The Balaban J connectivity index is 2.26. The van der Waals surface area contributed by atoms with Crippen LogP contribution in [0.4, 0.5) is 4.39 Å². The molecule has 0 saturated carbocycles. The van der Waals surface area contributed by atoms with Gasteiger partial charge in [-0.1, -0.05) is 11.6 Å². The summed E-state index contributed by atoms with van der Waals surface area (Å²) in [5, 5.41) is 2.88. The van der Waals surface area contributed by atoms with Gasteiger partial charge in [0.1, 0.15) is 11.6 Å². The molecule has 1 rings (SSSR count). The number of halogens is 2. The van der Waals surface area contributed by atoms with Gasteiger partial charge in [-0.05, 0) is 45.3 Å². The van der Waals surface area contributed by atoms with Crippen LogP contribution in [-0.4, -0.2) is 44.6 Å². The minimum absolute atomic E-state index is 0.132. The fourth-order valence-electron chi connectivity index (χ4n) is 1.41. The largest absolute Gasteiger partial charge is 0.482 e. The van der Waals surface area contributed by atoms with E-state index < -0.39 is 5.82 Å². The summed E-state index contributed by atoms with van der Waals surface area (Å²) in [5.41, 5.74) is 0. The summed E-state index contributed by atoms with van der Waals surface area (Å²) >= 11 is 5.77. The lowest BCUT2D eigenvalue weighted by molar-refractivity contribution is -0.123. The number of ether oxygens (including phenoxy) is 1. The first kappa shape index (κ1) is 15.7. The summed E-state index contributed by atoms with van der Waals surface area (Å²) in [6, 6.07) is 3.78. The SMILES string of the molecule is CN(C)CCCNC(=O)COc1ccc(F)cc1Cl. The maximum absolute atomic E-state index is 12.8. The normalized spacial score (nSPS) is 10.6. The number of nitrogens with zero attached hydrogens (tertiary/aromatic N) is 1. The van der Waals surface area contributed by atoms with Crippen molar-refractivity contribution >= 4 is 17.5 Å². The van der Waals surface area contributed by atoms with Gasteiger partial charge in [-0.3, -0.25) is 4.79 Å². The molecule has 1 N–H and O–H groups in total. The molecule has 0 bridgehead atoms. The molecular weight excluding hydrogens is 271 g/mol. The highest BCUT2D eigenvalue weighted by Crippen LogP contribution is 2.24.